The molecule has 4 nitrogen and oxygen atoms in total. The largest absolute Gasteiger partial charge is 0.359 e. The molecular weight excluding hydrogens is 270 g/mol. The zero-order valence-corrected chi connectivity index (χ0v) is 12.0. The second-order valence-electron chi connectivity index (χ2n) is 4.42. The number of aromatic amines is 1. The number of benzene rings is 1. The summed E-state index contributed by atoms with van der Waals surface area (Å²) in [5, 5.41) is 0.897. The third kappa shape index (κ3) is 2.36. The molecule has 0 saturated carbocycles. The fourth-order valence-electron chi connectivity index (χ4n) is 2.18. The number of carbonyl (C=O) groups is 1. The Morgan fingerprint density at radius 3 is 2.90 bits per heavy atom. The Kier molecular flexibility index (Phi) is 3.60. The number of fused-ring (bicyclic) bond motifs is 1. The van der Waals surface area contributed by atoms with Crippen LogP contribution in [0.1, 0.15) is 17.4 Å². The summed E-state index contributed by atoms with van der Waals surface area (Å²) < 4.78 is 2.14. The van der Waals surface area contributed by atoms with Gasteiger partial charge in [-0.2, -0.15) is 0 Å². The first-order valence-electron chi connectivity index (χ1n) is 6.54. The molecule has 0 aliphatic heterocycles. The molecule has 0 amide bonds. The SMILES string of the molecule is CCn1c(SCC(=O)c2ccc[nH]2)nc2ccccc21. The van der Waals surface area contributed by atoms with Crippen molar-refractivity contribution in [3.05, 3.63) is 48.3 Å². The maximum Gasteiger partial charge on any atom is 0.189 e. The Labute approximate surface area is 121 Å². The molecule has 0 atom stereocenters. The van der Waals surface area contributed by atoms with E-state index in [-0.39, 0.29) is 5.78 Å². The number of thioether (sulfide) groups is 1. The number of Topliss-reactive ketones (excluding diaryl/α,β-unsaturated/α-hetero) is 1. The van der Waals surface area contributed by atoms with E-state index in [0.717, 1.165) is 22.7 Å². The Bertz CT molecular complexity index is 731. The molecule has 0 fully saturated rings. The van der Waals surface area contributed by atoms with E-state index in [1.54, 1.807) is 12.3 Å². The number of para-hydroxylation sites is 2. The number of aromatic nitrogens is 3. The van der Waals surface area contributed by atoms with E-state index in [2.05, 4.69) is 27.5 Å². The quantitative estimate of drug-likeness (QED) is 0.577. The lowest BCUT2D eigenvalue weighted by Crippen LogP contribution is -2.04. The van der Waals surface area contributed by atoms with E-state index in [1.165, 1.54) is 11.8 Å². The fourth-order valence-corrected chi connectivity index (χ4v) is 3.14. The van der Waals surface area contributed by atoms with Crippen molar-refractivity contribution in [2.45, 2.75) is 18.6 Å². The molecule has 2 aromatic heterocycles. The third-order valence-corrected chi connectivity index (χ3v) is 4.14. The lowest BCUT2D eigenvalue weighted by atomic mass is 10.3. The van der Waals surface area contributed by atoms with Gasteiger partial charge >= 0.3 is 0 Å². The summed E-state index contributed by atoms with van der Waals surface area (Å²) >= 11 is 1.49. The van der Waals surface area contributed by atoms with Crippen molar-refractivity contribution in [1.29, 1.82) is 0 Å². The van der Waals surface area contributed by atoms with E-state index < -0.39 is 0 Å². The van der Waals surface area contributed by atoms with Crippen molar-refractivity contribution in [3.8, 4) is 0 Å². The smallest absolute Gasteiger partial charge is 0.189 e. The highest BCUT2D eigenvalue weighted by Crippen LogP contribution is 2.24. The number of rotatable bonds is 5. The zero-order valence-electron chi connectivity index (χ0n) is 11.2. The highest BCUT2D eigenvalue weighted by molar-refractivity contribution is 7.99. The maximum atomic E-state index is 12.0. The predicted molar refractivity (Wildman–Crippen MR) is 81.3 cm³/mol. The molecule has 3 rings (SSSR count). The lowest BCUT2D eigenvalue weighted by molar-refractivity contribution is 0.101. The topological polar surface area (TPSA) is 50.7 Å². The van der Waals surface area contributed by atoms with Gasteiger partial charge in [0.2, 0.25) is 0 Å². The summed E-state index contributed by atoms with van der Waals surface area (Å²) in [6.07, 6.45) is 1.76. The number of hydrogen-bond acceptors (Lipinski definition) is 3. The molecule has 1 aromatic carbocycles. The summed E-state index contributed by atoms with van der Waals surface area (Å²) in [7, 11) is 0. The summed E-state index contributed by atoms with van der Waals surface area (Å²) in [4.78, 5) is 19.5. The summed E-state index contributed by atoms with van der Waals surface area (Å²) in [5.41, 5.74) is 2.74. The molecule has 0 unspecified atom stereocenters. The first kappa shape index (κ1) is 13.0. The first-order valence-corrected chi connectivity index (χ1v) is 7.53. The van der Waals surface area contributed by atoms with Crippen LogP contribution in [0.25, 0.3) is 11.0 Å². The normalized spacial score (nSPS) is 11.1. The number of nitrogens with one attached hydrogen (secondary N) is 1. The molecule has 1 N–H and O–H groups in total. The van der Waals surface area contributed by atoms with Gasteiger partial charge in [-0.05, 0) is 31.2 Å². The summed E-state index contributed by atoms with van der Waals surface area (Å²) in [6.45, 7) is 2.94. The monoisotopic (exact) mass is 285 g/mol. The van der Waals surface area contributed by atoms with Crippen LogP contribution in [0.3, 0.4) is 0 Å². The molecule has 102 valence electrons. The second-order valence-corrected chi connectivity index (χ2v) is 5.37. The van der Waals surface area contributed by atoms with Crippen LogP contribution in [0.2, 0.25) is 0 Å². The molecule has 0 radical (unpaired) electrons. The molecule has 20 heavy (non-hydrogen) atoms. The predicted octanol–water partition coefficient (Wildman–Crippen LogP) is 3.36. The Morgan fingerprint density at radius 1 is 1.30 bits per heavy atom. The third-order valence-electron chi connectivity index (χ3n) is 3.17. The van der Waals surface area contributed by atoms with Crippen molar-refractivity contribution in [3.63, 3.8) is 0 Å². The van der Waals surface area contributed by atoms with Gasteiger partial charge in [0.25, 0.3) is 0 Å². The minimum absolute atomic E-state index is 0.0923. The van der Waals surface area contributed by atoms with Gasteiger partial charge in [0.15, 0.2) is 10.9 Å². The van der Waals surface area contributed by atoms with Crippen molar-refractivity contribution in [2.75, 3.05) is 5.75 Å². The van der Waals surface area contributed by atoms with Crippen LogP contribution in [0.4, 0.5) is 0 Å². The van der Waals surface area contributed by atoms with Gasteiger partial charge < -0.3 is 9.55 Å². The van der Waals surface area contributed by atoms with Gasteiger partial charge in [0.05, 0.1) is 22.5 Å². The molecule has 5 heteroatoms. The van der Waals surface area contributed by atoms with Gasteiger partial charge in [-0.1, -0.05) is 23.9 Å². The first-order chi connectivity index (χ1) is 9.79. The van der Waals surface area contributed by atoms with Gasteiger partial charge in [0, 0.05) is 12.7 Å². The average Bonchev–Trinajstić information content (AvgIpc) is 3.11. The zero-order chi connectivity index (χ0) is 13.9. The van der Waals surface area contributed by atoms with Gasteiger partial charge in [-0.3, -0.25) is 4.79 Å². The number of hydrogen-bond donors (Lipinski definition) is 1. The molecule has 0 aliphatic rings. The van der Waals surface area contributed by atoms with Crippen LogP contribution in [0.5, 0.6) is 0 Å². The van der Waals surface area contributed by atoms with E-state index in [4.69, 9.17) is 0 Å². The van der Waals surface area contributed by atoms with Gasteiger partial charge in [-0.25, -0.2) is 4.98 Å². The van der Waals surface area contributed by atoms with Crippen LogP contribution >= 0.6 is 11.8 Å². The number of aryl methyl sites for hydroxylation is 1. The maximum absolute atomic E-state index is 12.0. The molecule has 0 spiro atoms. The summed E-state index contributed by atoms with van der Waals surface area (Å²) in [5.74, 6) is 0.485. The fraction of sp³-hybridized carbons (Fsp3) is 0.200. The summed E-state index contributed by atoms with van der Waals surface area (Å²) in [6, 6.07) is 11.7. The van der Waals surface area contributed by atoms with Crippen LogP contribution in [-0.4, -0.2) is 26.1 Å². The molecule has 2 heterocycles. The minimum Gasteiger partial charge on any atom is -0.359 e. The van der Waals surface area contributed by atoms with Crippen LogP contribution in [0.15, 0.2) is 47.8 Å². The van der Waals surface area contributed by atoms with E-state index in [1.807, 2.05) is 24.3 Å². The van der Waals surface area contributed by atoms with Crippen LogP contribution < -0.4 is 0 Å². The Morgan fingerprint density at radius 2 is 2.15 bits per heavy atom. The molecule has 0 bridgehead atoms. The highest BCUT2D eigenvalue weighted by Gasteiger charge is 2.13. The van der Waals surface area contributed by atoms with E-state index in [0.29, 0.717) is 11.4 Å². The average molecular weight is 285 g/mol. The van der Waals surface area contributed by atoms with Crippen LogP contribution in [-0.2, 0) is 6.54 Å². The number of imidazole rings is 1. The highest BCUT2D eigenvalue weighted by atomic mass is 32.2. The van der Waals surface area contributed by atoms with Crippen molar-refractivity contribution < 1.29 is 4.79 Å². The Balaban J connectivity index is 1.82. The number of nitrogens with zero attached hydrogens (tertiary/aromatic N) is 2. The molecule has 3 aromatic rings. The van der Waals surface area contributed by atoms with E-state index in [9.17, 15) is 4.79 Å². The van der Waals surface area contributed by atoms with Crippen molar-refractivity contribution in [1.82, 2.24) is 14.5 Å². The number of H-pyrrole nitrogens is 1. The lowest BCUT2D eigenvalue weighted by Gasteiger charge is -2.04. The van der Waals surface area contributed by atoms with Gasteiger partial charge in [0.1, 0.15) is 0 Å². The second kappa shape index (κ2) is 5.54. The number of carbonyl (C=O) groups excluding carboxylic acids is 1. The van der Waals surface area contributed by atoms with Crippen molar-refractivity contribution >= 4 is 28.6 Å². The molecule has 0 saturated heterocycles. The minimum atomic E-state index is 0.0923. The molecule has 0 aliphatic carbocycles. The standard InChI is InChI=1S/C15H15N3OS/c1-2-18-13-8-4-3-6-11(13)17-15(18)20-10-14(19)12-7-5-9-16-12/h3-9,16H,2,10H2,1H3. The molecular formula is C15H15N3OS. The van der Waals surface area contributed by atoms with E-state index >= 15 is 0 Å². The van der Waals surface area contributed by atoms with Gasteiger partial charge in [-0.15, -0.1) is 0 Å². The number of ketones is 1. The Hall–Kier alpha value is -2.01. The van der Waals surface area contributed by atoms with Crippen molar-refractivity contribution in [2.24, 2.45) is 0 Å². The van der Waals surface area contributed by atoms with Crippen LogP contribution in [0, 0.1) is 0 Å².